The molecule has 2 saturated heterocycles. The van der Waals surface area contributed by atoms with Gasteiger partial charge in [0.25, 0.3) is 0 Å². The van der Waals surface area contributed by atoms with Gasteiger partial charge in [-0.25, -0.2) is 0 Å². The van der Waals surface area contributed by atoms with Crippen molar-refractivity contribution in [2.45, 2.75) is 48.5 Å². The molecule has 13 nitrogen and oxygen atoms in total. The number of hydrogen-bond donors (Lipinski definition) is 8. The van der Waals surface area contributed by atoms with Crippen LogP contribution in [0.1, 0.15) is 11.7 Å². The predicted octanol–water partition coefficient (Wildman–Crippen LogP) is -1.15. The van der Waals surface area contributed by atoms with Crippen LogP contribution in [0.4, 0.5) is 0 Å². The van der Waals surface area contributed by atoms with E-state index in [9.17, 15) is 45.6 Å². The minimum Gasteiger partial charge on any atom is -0.508 e. The molecule has 13 heteroatoms. The Morgan fingerprint density at radius 2 is 1.69 bits per heavy atom. The van der Waals surface area contributed by atoms with Gasteiger partial charge >= 0.3 is 0 Å². The van der Waals surface area contributed by atoms with Gasteiger partial charge in [0.1, 0.15) is 65.6 Å². The maximum absolute atomic E-state index is 13.3. The first-order valence-electron chi connectivity index (χ1n) is 12.1. The third-order valence-corrected chi connectivity index (χ3v) is 7.14. The topological polar surface area (TPSA) is 220 Å². The zero-order valence-electron chi connectivity index (χ0n) is 20.3. The molecule has 0 saturated carbocycles. The van der Waals surface area contributed by atoms with E-state index in [0.717, 1.165) is 6.26 Å². The SMILES string of the molecule is O=c1c(-c2ccc(O)cc2)coc2c([C@H]3O[C@@H](CO[C@H]4OC[C@@](O)(CO)[C@@H]4O)[C@H](O)[C@@H](O)[C@@H]3O)c(O)ccc12. The Balaban J connectivity index is 1.46. The summed E-state index contributed by atoms with van der Waals surface area (Å²) in [6.45, 7) is -1.70. The Morgan fingerprint density at radius 1 is 0.974 bits per heavy atom. The number of rotatable bonds is 6. The predicted molar refractivity (Wildman–Crippen MR) is 131 cm³/mol. The van der Waals surface area contributed by atoms with E-state index in [2.05, 4.69) is 0 Å². The summed E-state index contributed by atoms with van der Waals surface area (Å²) in [6.07, 6.45) is -9.88. The van der Waals surface area contributed by atoms with Gasteiger partial charge in [0, 0.05) is 0 Å². The Bertz CT molecular complexity index is 1390. The molecule has 3 heterocycles. The summed E-state index contributed by atoms with van der Waals surface area (Å²) in [5.41, 5.74) is -2.07. The maximum Gasteiger partial charge on any atom is 0.200 e. The van der Waals surface area contributed by atoms with Gasteiger partial charge in [-0.1, -0.05) is 12.1 Å². The molecule has 0 spiro atoms. The molecule has 2 aliphatic rings. The summed E-state index contributed by atoms with van der Waals surface area (Å²) in [4.78, 5) is 13.3. The summed E-state index contributed by atoms with van der Waals surface area (Å²) >= 11 is 0. The molecule has 39 heavy (non-hydrogen) atoms. The fourth-order valence-electron chi connectivity index (χ4n) is 4.78. The molecular formula is C26H28O13. The second-order valence-corrected chi connectivity index (χ2v) is 9.69. The molecular weight excluding hydrogens is 520 g/mol. The molecule has 2 aromatic carbocycles. The zero-order chi connectivity index (χ0) is 28.1. The quantitative estimate of drug-likeness (QED) is 0.183. The van der Waals surface area contributed by atoms with Gasteiger partial charge < -0.3 is 59.5 Å². The Morgan fingerprint density at radius 3 is 2.36 bits per heavy atom. The fourth-order valence-corrected chi connectivity index (χ4v) is 4.78. The number of benzene rings is 2. The van der Waals surface area contributed by atoms with Gasteiger partial charge in [0.15, 0.2) is 6.29 Å². The molecule has 0 bridgehead atoms. The van der Waals surface area contributed by atoms with Crippen LogP contribution in [0.15, 0.2) is 51.9 Å². The lowest BCUT2D eigenvalue weighted by molar-refractivity contribution is -0.252. The fraction of sp³-hybridized carbons (Fsp3) is 0.423. The van der Waals surface area contributed by atoms with Gasteiger partial charge in [-0.15, -0.1) is 0 Å². The first-order chi connectivity index (χ1) is 18.6. The van der Waals surface area contributed by atoms with Crippen molar-refractivity contribution < 1.29 is 59.5 Å². The normalized spacial score (nSPS) is 33.0. The van der Waals surface area contributed by atoms with E-state index in [4.69, 9.17) is 18.6 Å². The molecule has 2 aliphatic heterocycles. The van der Waals surface area contributed by atoms with Crippen LogP contribution in [0.3, 0.4) is 0 Å². The molecule has 0 radical (unpaired) electrons. The summed E-state index contributed by atoms with van der Waals surface area (Å²) in [6, 6.07) is 8.39. The minimum atomic E-state index is -1.94. The van der Waals surface area contributed by atoms with E-state index >= 15 is 0 Å². The standard InChI is InChI=1S/C26H28O13/c27-9-26(35)10-38-25(24(26)34)37-8-16-19(31)20(32)21(33)23(39-16)17-15(29)6-5-13-18(30)14(7-36-22(13)17)11-1-3-12(28)4-2-11/h1-7,16,19-21,23-25,27-29,31-35H,8-10H2/t16-,19-,20+,21-,23+,24+,25-,26-/m0/s1. The molecule has 8 N–H and O–H groups in total. The third kappa shape index (κ3) is 4.78. The lowest BCUT2D eigenvalue weighted by atomic mass is 9.89. The van der Waals surface area contributed by atoms with Gasteiger partial charge in [0.2, 0.25) is 5.43 Å². The number of phenols is 2. The molecule has 5 rings (SSSR count). The maximum atomic E-state index is 13.3. The highest BCUT2D eigenvalue weighted by Crippen LogP contribution is 2.41. The number of fused-ring (bicyclic) bond motifs is 1. The van der Waals surface area contributed by atoms with E-state index in [1.165, 1.54) is 36.4 Å². The average molecular weight is 548 g/mol. The van der Waals surface area contributed by atoms with Gasteiger partial charge in [-0.05, 0) is 29.8 Å². The molecule has 3 aromatic rings. The van der Waals surface area contributed by atoms with Crippen molar-refractivity contribution in [2.75, 3.05) is 19.8 Å². The highest BCUT2D eigenvalue weighted by molar-refractivity contribution is 5.86. The number of aromatic hydroxyl groups is 2. The molecule has 0 amide bonds. The van der Waals surface area contributed by atoms with Gasteiger partial charge in [-0.3, -0.25) is 4.79 Å². The Labute approximate surface area is 220 Å². The van der Waals surface area contributed by atoms with E-state index in [1.807, 2.05) is 0 Å². The highest BCUT2D eigenvalue weighted by atomic mass is 16.7. The van der Waals surface area contributed by atoms with Crippen LogP contribution in [-0.2, 0) is 14.2 Å². The largest absolute Gasteiger partial charge is 0.508 e. The van der Waals surface area contributed by atoms with E-state index in [0.29, 0.717) is 5.56 Å². The molecule has 1 aromatic heterocycles. The summed E-state index contributed by atoms with van der Waals surface area (Å²) in [5.74, 6) is -0.408. The monoisotopic (exact) mass is 548 g/mol. The van der Waals surface area contributed by atoms with Crippen LogP contribution < -0.4 is 5.43 Å². The zero-order valence-corrected chi connectivity index (χ0v) is 20.3. The molecule has 0 aliphatic carbocycles. The van der Waals surface area contributed by atoms with Crippen LogP contribution in [0.25, 0.3) is 22.1 Å². The van der Waals surface area contributed by atoms with Crippen LogP contribution in [0.5, 0.6) is 11.5 Å². The Kier molecular flexibility index (Phi) is 7.37. The minimum absolute atomic E-state index is 0.0110. The van der Waals surface area contributed by atoms with E-state index in [-0.39, 0.29) is 27.8 Å². The summed E-state index contributed by atoms with van der Waals surface area (Å²) in [5, 5.41) is 81.7. The summed E-state index contributed by atoms with van der Waals surface area (Å²) < 4.78 is 22.1. The first-order valence-corrected chi connectivity index (χ1v) is 12.1. The third-order valence-electron chi connectivity index (χ3n) is 7.14. The van der Waals surface area contributed by atoms with Gasteiger partial charge in [0.05, 0.1) is 36.3 Å². The van der Waals surface area contributed by atoms with E-state index in [1.54, 1.807) is 0 Å². The molecule has 210 valence electrons. The second kappa shape index (κ2) is 10.5. The molecule has 2 fully saturated rings. The average Bonchev–Trinajstić information content (AvgIpc) is 3.22. The van der Waals surface area contributed by atoms with Gasteiger partial charge in [-0.2, -0.15) is 0 Å². The lowest BCUT2D eigenvalue weighted by Crippen LogP contribution is -2.56. The van der Waals surface area contributed by atoms with E-state index < -0.39 is 79.5 Å². The summed E-state index contributed by atoms with van der Waals surface area (Å²) in [7, 11) is 0. The lowest BCUT2D eigenvalue weighted by Gasteiger charge is -2.41. The number of phenolic OH excluding ortho intramolecular Hbond substituents is 2. The van der Waals surface area contributed by atoms with Crippen LogP contribution in [-0.4, -0.2) is 103 Å². The van der Waals surface area contributed by atoms with Crippen LogP contribution >= 0.6 is 0 Å². The van der Waals surface area contributed by atoms with Crippen molar-refractivity contribution in [2.24, 2.45) is 0 Å². The highest BCUT2D eigenvalue weighted by Gasteiger charge is 2.50. The van der Waals surface area contributed by atoms with Crippen LogP contribution in [0.2, 0.25) is 0 Å². The number of hydrogen-bond acceptors (Lipinski definition) is 13. The number of aliphatic hydroxyl groups is 6. The smallest absolute Gasteiger partial charge is 0.200 e. The molecule has 8 atom stereocenters. The number of ether oxygens (including phenoxy) is 3. The van der Waals surface area contributed by atoms with Crippen molar-refractivity contribution in [1.82, 2.24) is 0 Å². The van der Waals surface area contributed by atoms with Crippen molar-refractivity contribution in [3.8, 4) is 22.6 Å². The molecule has 0 unspecified atom stereocenters. The van der Waals surface area contributed by atoms with Crippen molar-refractivity contribution in [1.29, 1.82) is 0 Å². The Hall–Kier alpha value is -3.11. The first kappa shape index (κ1) is 27.5. The van der Waals surface area contributed by atoms with Crippen molar-refractivity contribution >= 4 is 11.0 Å². The van der Waals surface area contributed by atoms with Crippen LogP contribution in [0, 0.1) is 0 Å². The second-order valence-electron chi connectivity index (χ2n) is 9.69. The van der Waals surface area contributed by atoms with Crippen molar-refractivity contribution in [3.63, 3.8) is 0 Å². The van der Waals surface area contributed by atoms with Crippen molar-refractivity contribution in [3.05, 3.63) is 58.4 Å². The number of aliphatic hydroxyl groups excluding tert-OH is 5.